The molecule has 26 heavy (non-hydrogen) atoms. The fourth-order valence-electron chi connectivity index (χ4n) is 3.60. The standard InChI is InChI=1S/C21H15N3S2/c1-2-12(1)16-10-25-21-9-15-17(5-6-22-18(15)8-14(16)21)24-13-3-4-20-19(7-13)23-11-26-20/h3-12H,1-2H2,(H,22,24). The Morgan fingerprint density at radius 1 is 0.885 bits per heavy atom. The number of nitrogens with zero attached hydrogens (tertiary/aromatic N) is 2. The molecule has 1 aliphatic carbocycles. The molecule has 0 bridgehead atoms. The zero-order chi connectivity index (χ0) is 17.1. The molecule has 3 nitrogen and oxygen atoms in total. The Kier molecular flexibility index (Phi) is 3.10. The third-order valence-electron chi connectivity index (χ3n) is 5.09. The molecule has 0 aliphatic heterocycles. The van der Waals surface area contributed by atoms with Crippen molar-refractivity contribution in [2.75, 3.05) is 5.32 Å². The number of hydrogen-bond acceptors (Lipinski definition) is 5. The molecular weight excluding hydrogens is 358 g/mol. The molecular formula is C21H15N3S2. The maximum Gasteiger partial charge on any atom is 0.0832 e. The van der Waals surface area contributed by atoms with Crippen molar-refractivity contribution in [1.29, 1.82) is 0 Å². The largest absolute Gasteiger partial charge is 0.355 e. The summed E-state index contributed by atoms with van der Waals surface area (Å²) in [5.41, 5.74) is 7.64. The van der Waals surface area contributed by atoms with Crippen LogP contribution in [0.3, 0.4) is 0 Å². The number of thiophene rings is 1. The number of anilines is 2. The number of benzene rings is 2. The lowest BCUT2D eigenvalue weighted by Gasteiger charge is -2.10. The number of fused-ring (bicyclic) bond motifs is 3. The van der Waals surface area contributed by atoms with Gasteiger partial charge in [0.1, 0.15) is 0 Å². The number of rotatable bonds is 3. The third kappa shape index (κ3) is 2.31. The van der Waals surface area contributed by atoms with Crippen LogP contribution in [-0.2, 0) is 0 Å². The zero-order valence-corrected chi connectivity index (χ0v) is 15.5. The highest BCUT2D eigenvalue weighted by Crippen LogP contribution is 2.46. The van der Waals surface area contributed by atoms with Gasteiger partial charge >= 0.3 is 0 Å². The van der Waals surface area contributed by atoms with E-state index in [0.717, 1.165) is 28.3 Å². The Morgan fingerprint density at radius 3 is 2.77 bits per heavy atom. The maximum absolute atomic E-state index is 4.63. The van der Waals surface area contributed by atoms with E-state index in [9.17, 15) is 0 Å². The summed E-state index contributed by atoms with van der Waals surface area (Å²) in [6.07, 6.45) is 4.55. The lowest BCUT2D eigenvalue weighted by molar-refractivity contribution is 1.16. The SMILES string of the molecule is c1cc(Nc2ccc3scnc3c2)c2cc3scc(C4CC4)c3cc2n1. The highest BCUT2D eigenvalue weighted by molar-refractivity contribution is 7.17. The summed E-state index contributed by atoms with van der Waals surface area (Å²) in [4.78, 5) is 9.05. The van der Waals surface area contributed by atoms with Gasteiger partial charge in [0.25, 0.3) is 0 Å². The first kappa shape index (κ1) is 14.6. The van der Waals surface area contributed by atoms with E-state index in [4.69, 9.17) is 0 Å². The van der Waals surface area contributed by atoms with Gasteiger partial charge in [0, 0.05) is 27.7 Å². The molecule has 0 spiro atoms. The molecule has 5 heteroatoms. The summed E-state index contributed by atoms with van der Waals surface area (Å²) in [6.45, 7) is 0. The average Bonchev–Trinajstić information content (AvgIpc) is 3.25. The second-order valence-electron chi connectivity index (χ2n) is 6.85. The Bertz CT molecular complexity index is 1280. The molecule has 1 N–H and O–H groups in total. The molecule has 0 atom stereocenters. The van der Waals surface area contributed by atoms with Crippen molar-refractivity contribution in [1.82, 2.24) is 9.97 Å². The Morgan fingerprint density at radius 2 is 1.85 bits per heavy atom. The number of hydrogen-bond donors (Lipinski definition) is 1. The minimum absolute atomic E-state index is 0.771. The van der Waals surface area contributed by atoms with Crippen LogP contribution in [0.1, 0.15) is 24.3 Å². The highest BCUT2D eigenvalue weighted by atomic mass is 32.1. The van der Waals surface area contributed by atoms with Crippen LogP contribution in [0.5, 0.6) is 0 Å². The molecule has 5 aromatic rings. The van der Waals surface area contributed by atoms with Gasteiger partial charge in [-0.2, -0.15) is 0 Å². The van der Waals surface area contributed by atoms with Crippen LogP contribution < -0.4 is 5.32 Å². The lowest BCUT2D eigenvalue weighted by Crippen LogP contribution is -1.92. The molecule has 0 radical (unpaired) electrons. The van der Waals surface area contributed by atoms with Crippen LogP contribution >= 0.6 is 22.7 Å². The van der Waals surface area contributed by atoms with Gasteiger partial charge < -0.3 is 5.32 Å². The van der Waals surface area contributed by atoms with Gasteiger partial charge in [0.2, 0.25) is 0 Å². The van der Waals surface area contributed by atoms with Crippen molar-refractivity contribution in [3.05, 3.63) is 59.0 Å². The van der Waals surface area contributed by atoms with Crippen molar-refractivity contribution in [2.24, 2.45) is 0 Å². The first-order valence-electron chi connectivity index (χ1n) is 8.75. The van der Waals surface area contributed by atoms with Gasteiger partial charge in [0.05, 0.1) is 21.2 Å². The minimum Gasteiger partial charge on any atom is -0.355 e. The van der Waals surface area contributed by atoms with Gasteiger partial charge in [-0.1, -0.05) is 0 Å². The van der Waals surface area contributed by atoms with E-state index in [-0.39, 0.29) is 0 Å². The Labute approximate surface area is 158 Å². The Hall–Kier alpha value is -2.50. The molecule has 126 valence electrons. The lowest BCUT2D eigenvalue weighted by atomic mass is 10.1. The van der Waals surface area contributed by atoms with Crippen molar-refractivity contribution in [3.63, 3.8) is 0 Å². The van der Waals surface area contributed by atoms with Crippen LogP contribution in [0, 0.1) is 0 Å². The average molecular weight is 374 g/mol. The number of thiazole rings is 1. The Balaban J connectivity index is 1.48. The molecule has 0 unspecified atom stereocenters. The van der Waals surface area contributed by atoms with E-state index < -0.39 is 0 Å². The monoisotopic (exact) mass is 373 g/mol. The van der Waals surface area contributed by atoms with E-state index in [1.165, 1.54) is 38.6 Å². The summed E-state index contributed by atoms with van der Waals surface area (Å²) in [5.74, 6) is 0.771. The summed E-state index contributed by atoms with van der Waals surface area (Å²) in [5, 5.41) is 8.46. The van der Waals surface area contributed by atoms with Crippen molar-refractivity contribution in [2.45, 2.75) is 18.8 Å². The second-order valence-corrected chi connectivity index (χ2v) is 8.65. The van der Waals surface area contributed by atoms with E-state index in [2.05, 4.69) is 57.1 Å². The molecule has 1 aliphatic rings. The zero-order valence-electron chi connectivity index (χ0n) is 13.9. The smallest absolute Gasteiger partial charge is 0.0832 e. The van der Waals surface area contributed by atoms with Crippen LogP contribution in [0.2, 0.25) is 0 Å². The fourth-order valence-corrected chi connectivity index (χ4v) is 5.32. The second kappa shape index (κ2) is 5.50. The van der Waals surface area contributed by atoms with Crippen LogP contribution in [0.15, 0.2) is 53.5 Å². The summed E-state index contributed by atoms with van der Waals surface area (Å²) < 4.78 is 2.56. The van der Waals surface area contributed by atoms with E-state index in [1.54, 1.807) is 11.3 Å². The van der Waals surface area contributed by atoms with Gasteiger partial charge in [-0.05, 0) is 71.5 Å². The molecule has 1 fully saturated rings. The van der Waals surface area contributed by atoms with E-state index in [1.807, 2.05) is 23.0 Å². The highest BCUT2D eigenvalue weighted by Gasteiger charge is 2.26. The normalized spacial score (nSPS) is 14.5. The van der Waals surface area contributed by atoms with Crippen molar-refractivity contribution >= 4 is 65.3 Å². The number of nitrogens with one attached hydrogen (secondary N) is 1. The molecule has 0 amide bonds. The van der Waals surface area contributed by atoms with Gasteiger partial charge in [0.15, 0.2) is 0 Å². The van der Waals surface area contributed by atoms with Gasteiger partial charge in [-0.15, -0.1) is 22.7 Å². The summed E-state index contributed by atoms with van der Waals surface area (Å²) in [7, 11) is 0. The van der Waals surface area contributed by atoms with Crippen LogP contribution in [0.4, 0.5) is 11.4 Å². The molecule has 2 aromatic carbocycles. The third-order valence-corrected chi connectivity index (χ3v) is 6.87. The van der Waals surface area contributed by atoms with Crippen LogP contribution in [-0.4, -0.2) is 9.97 Å². The minimum atomic E-state index is 0.771. The number of pyridine rings is 1. The van der Waals surface area contributed by atoms with Gasteiger partial charge in [-0.3, -0.25) is 4.98 Å². The quantitative estimate of drug-likeness (QED) is 0.383. The number of aromatic nitrogens is 2. The maximum atomic E-state index is 4.63. The van der Waals surface area contributed by atoms with Crippen molar-refractivity contribution < 1.29 is 0 Å². The summed E-state index contributed by atoms with van der Waals surface area (Å²) in [6, 6.07) is 12.9. The first-order valence-corrected chi connectivity index (χ1v) is 10.5. The van der Waals surface area contributed by atoms with E-state index in [0.29, 0.717) is 0 Å². The van der Waals surface area contributed by atoms with Crippen LogP contribution in [0.25, 0.3) is 31.2 Å². The summed E-state index contributed by atoms with van der Waals surface area (Å²) >= 11 is 3.52. The molecule has 3 aromatic heterocycles. The molecule has 1 saturated carbocycles. The molecule has 6 rings (SSSR count). The van der Waals surface area contributed by atoms with Crippen molar-refractivity contribution in [3.8, 4) is 0 Å². The predicted octanol–water partition coefficient (Wildman–Crippen LogP) is 6.68. The molecule has 3 heterocycles. The first-order chi connectivity index (χ1) is 12.8. The fraction of sp³-hybridized carbons (Fsp3) is 0.143. The van der Waals surface area contributed by atoms with Gasteiger partial charge in [-0.25, -0.2) is 4.98 Å². The molecule has 0 saturated heterocycles. The topological polar surface area (TPSA) is 37.8 Å². The van der Waals surface area contributed by atoms with E-state index >= 15 is 0 Å². The predicted molar refractivity (Wildman–Crippen MR) is 112 cm³/mol.